The first-order valence-corrected chi connectivity index (χ1v) is 9.97. The summed E-state index contributed by atoms with van der Waals surface area (Å²) in [6, 6.07) is 21.3. The molecule has 1 aliphatic heterocycles. The van der Waals surface area contributed by atoms with Crippen molar-refractivity contribution in [3.8, 4) is 11.6 Å². The topological polar surface area (TPSA) is 45.7 Å². The second kappa shape index (κ2) is 8.44. The van der Waals surface area contributed by atoms with E-state index in [1.807, 2.05) is 47.4 Å². The van der Waals surface area contributed by atoms with E-state index in [-0.39, 0.29) is 5.91 Å². The maximum Gasteiger partial charge on any atom is 0.255 e. The highest BCUT2D eigenvalue weighted by Gasteiger charge is 2.22. The summed E-state index contributed by atoms with van der Waals surface area (Å²) in [6.07, 6.45) is 1.58. The lowest BCUT2D eigenvalue weighted by molar-refractivity contribution is 0.0746. The van der Waals surface area contributed by atoms with Crippen molar-refractivity contribution in [2.75, 3.05) is 31.1 Å². The van der Waals surface area contributed by atoms with Crippen molar-refractivity contribution in [1.82, 2.24) is 9.88 Å². The van der Waals surface area contributed by atoms with Gasteiger partial charge in [0.2, 0.25) is 5.88 Å². The second-order valence-electron chi connectivity index (χ2n) is 6.56. The zero-order valence-electron chi connectivity index (χ0n) is 15.3. The summed E-state index contributed by atoms with van der Waals surface area (Å²) in [4.78, 5) is 21.2. The van der Waals surface area contributed by atoms with Crippen LogP contribution in [-0.4, -0.2) is 42.0 Å². The Bertz CT molecular complexity index is 922. The fourth-order valence-corrected chi connectivity index (χ4v) is 3.44. The highest BCUT2D eigenvalue weighted by atomic mass is 79.9. The lowest BCUT2D eigenvalue weighted by atomic mass is 10.2. The summed E-state index contributed by atoms with van der Waals surface area (Å²) in [5.74, 6) is 1.18. The predicted octanol–water partition coefficient (Wildman–Crippen LogP) is 4.60. The number of carbonyl (C=O) groups excluding carboxylic acids is 1. The molecule has 3 aromatic rings. The van der Waals surface area contributed by atoms with Gasteiger partial charge >= 0.3 is 0 Å². The number of hydrogen-bond acceptors (Lipinski definition) is 4. The van der Waals surface area contributed by atoms with Crippen LogP contribution in [-0.2, 0) is 0 Å². The molecule has 5 nitrogen and oxygen atoms in total. The lowest BCUT2D eigenvalue weighted by Crippen LogP contribution is -2.48. The highest BCUT2D eigenvalue weighted by molar-refractivity contribution is 9.10. The first-order chi connectivity index (χ1) is 13.7. The lowest BCUT2D eigenvalue weighted by Gasteiger charge is -2.36. The standard InChI is InChI=1S/C22H20BrN3O2/c23-18-7-9-20(10-8-18)28-21-11-6-17(16-24-21)22(27)26-14-12-25(13-15-26)19-4-2-1-3-5-19/h1-11,16H,12-15H2. The van der Waals surface area contributed by atoms with Gasteiger partial charge in [0.1, 0.15) is 5.75 Å². The molecule has 1 aromatic heterocycles. The summed E-state index contributed by atoms with van der Waals surface area (Å²) in [5.41, 5.74) is 1.78. The van der Waals surface area contributed by atoms with E-state index in [2.05, 4.69) is 37.9 Å². The molecule has 142 valence electrons. The van der Waals surface area contributed by atoms with Crippen LogP contribution >= 0.6 is 15.9 Å². The van der Waals surface area contributed by atoms with Crippen LogP contribution in [0.4, 0.5) is 5.69 Å². The van der Waals surface area contributed by atoms with Crippen molar-refractivity contribution < 1.29 is 9.53 Å². The summed E-state index contributed by atoms with van der Waals surface area (Å²) in [6.45, 7) is 3.05. The van der Waals surface area contributed by atoms with E-state index in [1.54, 1.807) is 18.3 Å². The van der Waals surface area contributed by atoms with Crippen LogP contribution in [0.5, 0.6) is 11.6 Å². The number of benzene rings is 2. The highest BCUT2D eigenvalue weighted by Crippen LogP contribution is 2.22. The fraction of sp³-hybridized carbons (Fsp3) is 0.182. The molecule has 6 heteroatoms. The minimum atomic E-state index is 0.00963. The molecule has 0 atom stereocenters. The van der Waals surface area contributed by atoms with Crippen LogP contribution in [0.3, 0.4) is 0 Å². The molecule has 0 radical (unpaired) electrons. The molecule has 0 bridgehead atoms. The van der Waals surface area contributed by atoms with E-state index in [4.69, 9.17) is 4.74 Å². The molecule has 0 saturated carbocycles. The number of aromatic nitrogens is 1. The van der Waals surface area contributed by atoms with Crippen LogP contribution in [0.2, 0.25) is 0 Å². The molecular formula is C22H20BrN3O2. The average molecular weight is 438 g/mol. The van der Waals surface area contributed by atoms with Crippen LogP contribution in [0.1, 0.15) is 10.4 Å². The molecule has 0 spiro atoms. The fourth-order valence-electron chi connectivity index (χ4n) is 3.18. The average Bonchev–Trinajstić information content (AvgIpc) is 2.76. The zero-order valence-corrected chi connectivity index (χ0v) is 16.9. The van der Waals surface area contributed by atoms with E-state index in [0.29, 0.717) is 30.3 Å². The first-order valence-electron chi connectivity index (χ1n) is 9.18. The summed E-state index contributed by atoms with van der Waals surface area (Å²) < 4.78 is 6.70. The minimum Gasteiger partial charge on any atom is -0.439 e. The Morgan fingerprint density at radius 1 is 0.893 bits per heavy atom. The number of hydrogen-bond donors (Lipinski definition) is 0. The quantitative estimate of drug-likeness (QED) is 0.598. The van der Waals surface area contributed by atoms with E-state index in [1.165, 1.54) is 5.69 Å². The minimum absolute atomic E-state index is 0.00963. The van der Waals surface area contributed by atoms with Gasteiger partial charge in [-0.2, -0.15) is 0 Å². The maximum atomic E-state index is 12.8. The Kier molecular flexibility index (Phi) is 5.58. The number of halogens is 1. The van der Waals surface area contributed by atoms with Gasteiger partial charge in [-0.25, -0.2) is 4.98 Å². The second-order valence-corrected chi connectivity index (χ2v) is 7.47. The van der Waals surface area contributed by atoms with Crippen LogP contribution in [0.15, 0.2) is 77.4 Å². The van der Waals surface area contributed by atoms with E-state index in [9.17, 15) is 4.79 Å². The number of piperazine rings is 1. The molecule has 2 heterocycles. The molecule has 2 aromatic carbocycles. The Balaban J connectivity index is 1.35. The van der Waals surface area contributed by atoms with Crippen LogP contribution < -0.4 is 9.64 Å². The molecular weight excluding hydrogens is 418 g/mol. The number of carbonyl (C=O) groups is 1. The molecule has 0 aliphatic carbocycles. The van der Waals surface area contributed by atoms with Crippen molar-refractivity contribution in [3.63, 3.8) is 0 Å². The van der Waals surface area contributed by atoms with Gasteiger partial charge < -0.3 is 14.5 Å². The van der Waals surface area contributed by atoms with E-state index < -0.39 is 0 Å². The van der Waals surface area contributed by atoms with Gasteiger partial charge in [-0.15, -0.1) is 0 Å². The molecule has 1 aliphatic rings. The largest absolute Gasteiger partial charge is 0.439 e. The molecule has 0 unspecified atom stereocenters. The monoisotopic (exact) mass is 437 g/mol. The smallest absolute Gasteiger partial charge is 0.255 e. The number of para-hydroxylation sites is 1. The number of nitrogens with zero attached hydrogens (tertiary/aromatic N) is 3. The SMILES string of the molecule is O=C(c1ccc(Oc2ccc(Br)cc2)nc1)N1CCN(c2ccccc2)CC1. The Morgan fingerprint density at radius 3 is 2.25 bits per heavy atom. The number of ether oxygens (including phenoxy) is 1. The van der Waals surface area contributed by atoms with Gasteiger partial charge in [-0.3, -0.25) is 4.79 Å². The van der Waals surface area contributed by atoms with Gasteiger partial charge in [-0.1, -0.05) is 34.1 Å². The maximum absolute atomic E-state index is 12.8. The third-order valence-electron chi connectivity index (χ3n) is 4.71. The molecule has 1 saturated heterocycles. The Hall–Kier alpha value is -2.86. The van der Waals surface area contributed by atoms with Crippen molar-refractivity contribution in [3.05, 3.63) is 83.0 Å². The van der Waals surface area contributed by atoms with Crippen LogP contribution in [0, 0.1) is 0 Å². The Labute approximate surface area is 172 Å². The van der Waals surface area contributed by atoms with Gasteiger partial charge in [-0.05, 0) is 42.5 Å². The van der Waals surface area contributed by atoms with Crippen LogP contribution in [0.25, 0.3) is 0 Å². The summed E-state index contributed by atoms with van der Waals surface area (Å²) in [5, 5.41) is 0. The molecule has 0 N–H and O–H groups in total. The van der Waals surface area contributed by atoms with Crippen molar-refractivity contribution >= 4 is 27.5 Å². The first kappa shape index (κ1) is 18.5. The predicted molar refractivity (Wildman–Crippen MR) is 113 cm³/mol. The number of amides is 1. The van der Waals surface area contributed by atoms with Gasteiger partial charge in [0.25, 0.3) is 5.91 Å². The van der Waals surface area contributed by atoms with Gasteiger partial charge in [0.05, 0.1) is 5.56 Å². The number of pyridine rings is 1. The van der Waals surface area contributed by atoms with Crippen molar-refractivity contribution in [2.45, 2.75) is 0 Å². The Morgan fingerprint density at radius 2 is 1.61 bits per heavy atom. The van der Waals surface area contributed by atoms with E-state index in [0.717, 1.165) is 17.6 Å². The number of rotatable bonds is 4. The molecule has 1 amide bonds. The third-order valence-corrected chi connectivity index (χ3v) is 5.24. The van der Waals surface area contributed by atoms with E-state index >= 15 is 0 Å². The molecule has 28 heavy (non-hydrogen) atoms. The van der Waals surface area contributed by atoms with Crippen molar-refractivity contribution in [1.29, 1.82) is 0 Å². The van der Waals surface area contributed by atoms with Gasteiger partial charge in [0, 0.05) is 48.6 Å². The molecule has 1 fully saturated rings. The summed E-state index contributed by atoms with van der Waals surface area (Å²) in [7, 11) is 0. The normalized spacial score (nSPS) is 14.0. The van der Waals surface area contributed by atoms with Crippen molar-refractivity contribution in [2.24, 2.45) is 0 Å². The zero-order chi connectivity index (χ0) is 19.3. The number of anilines is 1. The molecule has 4 rings (SSSR count). The van der Waals surface area contributed by atoms with Gasteiger partial charge in [0.15, 0.2) is 0 Å². The summed E-state index contributed by atoms with van der Waals surface area (Å²) >= 11 is 3.39. The third kappa shape index (κ3) is 4.34.